The van der Waals surface area contributed by atoms with E-state index in [2.05, 4.69) is 45.9 Å². The number of nitrogens with one attached hydrogen (secondary N) is 2. The third-order valence-electron chi connectivity index (χ3n) is 4.43. The number of amides is 2. The van der Waals surface area contributed by atoms with E-state index >= 15 is 0 Å². The standard InChI is InChI=1S/C22H26N4O6S2/c1-3-31-21(29)17(11-33)25-19(27)13-5-7-15(23-9-13)16-8-6-14(10-24-16)20(28)26-18(12-34)22(30)32-4-2/h5-10,17-18,33-34H,3-4,11-12H2,1-2H3,(H,25,27)(H,26,28). The first kappa shape index (κ1) is 27.1. The summed E-state index contributed by atoms with van der Waals surface area (Å²) in [7, 11) is 0. The van der Waals surface area contributed by atoms with E-state index in [1.807, 2.05) is 0 Å². The number of rotatable bonds is 11. The molecule has 0 spiro atoms. The Kier molecular flexibility index (Phi) is 10.8. The number of esters is 2. The fourth-order valence-electron chi connectivity index (χ4n) is 2.69. The molecule has 182 valence electrons. The van der Waals surface area contributed by atoms with Crippen molar-refractivity contribution >= 4 is 49.0 Å². The number of hydrogen-bond acceptors (Lipinski definition) is 10. The van der Waals surface area contributed by atoms with Crippen LogP contribution in [0.5, 0.6) is 0 Å². The summed E-state index contributed by atoms with van der Waals surface area (Å²) in [6, 6.07) is 4.52. The van der Waals surface area contributed by atoms with Crippen molar-refractivity contribution < 1.29 is 28.7 Å². The lowest BCUT2D eigenvalue weighted by Crippen LogP contribution is -2.43. The minimum atomic E-state index is -0.873. The Morgan fingerprint density at radius 2 is 1.15 bits per heavy atom. The summed E-state index contributed by atoms with van der Waals surface area (Å²) in [4.78, 5) is 56.9. The molecule has 0 aromatic carbocycles. The van der Waals surface area contributed by atoms with Crippen molar-refractivity contribution in [3.8, 4) is 11.4 Å². The van der Waals surface area contributed by atoms with Crippen LogP contribution < -0.4 is 10.6 Å². The fourth-order valence-corrected chi connectivity index (χ4v) is 3.17. The molecule has 0 radical (unpaired) electrons. The van der Waals surface area contributed by atoms with Crippen molar-refractivity contribution in [1.29, 1.82) is 0 Å². The SMILES string of the molecule is CCOC(=O)C(CS)NC(=O)c1ccc(-c2ccc(C(=O)NC(CS)C(=O)OCC)cn2)nc1. The van der Waals surface area contributed by atoms with Gasteiger partial charge in [-0.05, 0) is 38.1 Å². The third-order valence-corrected chi connectivity index (χ3v) is 5.16. The zero-order valence-corrected chi connectivity index (χ0v) is 20.5. The van der Waals surface area contributed by atoms with E-state index < -0.39 is 35.8 Å². The smallest absolute Gasteiger partial charge is 0.329 e. The van der Waals surface area contributed by atoms with E-state index in [0.29, 0.717) is 11.4 Å². The molecule has 0 aliphatic rings. The van der Waals surface area contributed by atoms with Crippen molar-refractivity contribution in [3.05, 3.63) is 47.8 Å². The first-order valence-corrected chi connectivity index (χ1v) is 11.7. The number of pyridine rings is 2. The molecule has 0 saturated carbocycles. The molecule has 2 atom stereocenters. The number of carbonyl (C=O) groups is 4. The Bertz CT molecular complexity index is 920. The normalized spacial score (nSPS) is 12.2. The third kappa shape index (κ3) is 7.45. The van der Waals surface area contributed by atoms with Crippen LogP contribution in [0.1, 0.15) is 34.6 Å². The summed E-state index contributed by atoms with van der Waals surface area (Å²) in [6.07, 6.45) is 2.70. The van der Waals surface area contributed by atoms with E-state index in [-0.39, 0.29) is 35.8 Å². The maximum absolute atomic E-state index is 12.4. The molecule has 12 heteroatoms. The number of carbonyl (C=O) groups excluding carboxylic acids is 4. The zero-order chi connectivity index (χ0) is 25.1. The van der Waals surface area contributed by atoms with Crippen LogP contribution in [0.25, 0.3) is 11.4 Å². The molecule has 34 heavy (non-hydrogen) atoms. The van der Waals surface area contributed by atoms with Gasteiger partial charge in [-0.3, -0.25) is 19.6 Å². The van der Waals surface area contributed by atoms with Crippen molar-refractivity contribution in [1.82, 2.24) is 20.6 Å². The molecule has 2 heterocycles. The molecule has 10 nitrogen and oxygen atoms in total. The van der Waals surface area contributed by atoms with Gasteiger partial charge in [-0.25, -0.2) is 9.59 Å². The highest BCUT2D eigenvalue weighted by molar-refractivity contribution is 7.80. The average Bonchev–Trinajstić information content (AvgIpc) is 2.85. The lowest BCUT2D eigenvalue weighted by Gasteiger charge is -2.15. The van der Waals surface area contributed by atoms with Crippen molar-refractivity contribution in [2.75, 3.05) is 24.7 Å². The molecule has 0 saturated heterocycles. The predicted molar refractivity (Wildman–Crippen MR) is 131 cm³/mol. The molecule has 2 rings (SSSR count). The second-order valence-electron chi connectivity index (χ2n) is 6.79. The van der Waals surface area contributed by atoms with Crippen LogP contribution >= 0.6 is 25.3 Å². The molecule has 2 N–H and O–H groups in total. The number of ether oxygens (including phenoxy) is 2. The van der Waals surface area contributed by atoms with Crippen LogP contribution in [0.4, 0.5) is 0 Å². The van der Waals surface area contributed by atoms with Gasteiger partial charge in [-0.2, -0.15) is 25.3 Å². The fraction of sp³-hybridized carbons (Fsp3) is 0.364. The second-order valence-corrected chi connectivity index (χ2v) is 7.52. The van der Waals surface area contributed by atoms with E-state index in [4.69, 9.17) is 9.47 Å². The van der Waals surface area contributed by atoms with Gasteiger partial charge in [0.15, 0.2) is 0 Å². The Morgan fingerprint density at radius 3 is 1.41 bits per heavy atom. The number of thiol groups is 2. The van der Waals surface area contributed by atoms with Crippen LogP contribution in [-0.2, 0) is 19.1 Å². The molecule has 2 aromatic heterocycles. The quantitative estimate of drug-likeness (QED) is 0.265. The minimum Gasteiger partial charge on any atom is -0.464 e. The number of nitrogens with zero attached hydrogens (tertiary/aromatic N) is 2. The van der Waals surface area contributed by atoms with Gasteiger partial charge in [0.05, 0.1) is 35.7 Å². The monoisotopic (exact) mass is 506 g/mol. The molecule has 2 unspecified atom stereocenters. The van der Waals surface area contributed by atoms with Gasteiger partial charge in [0.2, 0.25) is 0 Å². The van der Waals surface area contributed by atoms with Gasteiger partial charge < -0.3 is 20.1 Å². The summed E-state index contributed by atoms with van der Waals surface area (Å²) in [6.45, 7) is 3.74. The Morgan fingerprint density at radius 1 is 0.765 bits per heavy atom. The highest BCUT2D eigenvalue weighted by Gasteiger charge is 2.22. The Balaban J connectivity index is 2.04. The van der Waals surface area contributed by atoms with Gasteiger partial charge in [0, 0.05) is 23.9 Å². The van der Waals surface area contributed by atoms with Crippen LogP contribution in [0.15, 0.2) is 36.7 Å². The van der Waals surface area contributed by atoms with Gasteiger partial charge in [-0.15, -0.1) is 0 Å². The van der Waals surface area contributed by atoms with Gasteiger partial charge in [0.1, 0.15) is 12.1 Å². The van der Waals surface area contributed by atoms with Crippen LogP contribution in [-0.4, -0.2) is 70.5 Å². The highest BCUT2D eigenvalue weighted by Crippen LogP contribution is 2.15. The van der Waals surface area contributed by atoms with Crippen LogP contribution in [0.2, 0.25) is 0 Å². The van der Waals surface area contributed by atoms with Crippen molar-refractivity contribution in [2.45, 2.75) is 25.9 Å². The summed E-state index contributed by atoms with van der Waals surface area (Å²) in [5.41, 5.74) is 1.43. The highest BCUT2D eigenvalue weighted by atomic mass is 32.1. The molecule has 0 fully saturated rings. The largest absolute Gasteiger partial charge is 0.464 e. The predicted octanol–water partition coefficient (Wildman–Crippen LogP) is 1.33. The maximum Gasteiger partial charge on any atom is 0.329 e. The van der Waals surface area contributed by atoms with Crippen molar-refractivity contribution in [2.24, 2.45) is 0 Å². The minimum absolute atomic E-state index is 0.0917. The van der Waals surface area contributed by atoms with Crippen molar-refractivity contribution in [3.63, 3.8) is 0 Å². The molecular weight excluding hydrogens is 480 g/mol. The summed E-state index contributed by atoms with van der Waals surface area (Å²) in [5, 5.41) is 5.11. The van der Waals surface area contributed by atoms with E-state index in [0.717, 1.165) is 0 Å². The maximum atomic E-state index is 12.4. The first-order valence-electron chi connectivity index (χ1n) is 10.4. The van der Waals surface area contributed by atoms with Gasteiger partial charge >= 0.3 is 11.9 Å². The topological polar surface area (TPSA) is 137 Å². The van der Waals surface area contributed by atoms with E-state index in [1.54, 1.807) is 26.0 Å². The molecule has 0 aliphatic heterocycles. The Hall–Kier alpha value is -3.12. The summed E-state index contributed by atoms with van der Waals surface area (Å²) >= 11 is 8.14. The van der Waals surface area contributed by atoms with Crippen LogP contribution in [0, 0.1) is 0 Å². The molecule has 2 aromatic rings. The first-order chi connectivity index (χ1) is 16.3. The lowest BCUT2D eigenvalue weighted by molar-refractivity contribution is -0.145. The second kappa shape index (κ2) is 13.6. The van der Waals surface area contributed by atoms with Crippen LogP contribution in [0.3, 0.4) is 0 Å². The van der Waals surface area contributed by atoms with E-state index in [1.165, 1.54) is 24.5 Å². The van der Waals surface area contributed by atoms with Gasteiger partial charge in [0.25, 0.3) is 11.8 Å². The zero-order valence-electron chi connectivity index (χ0n) is 18.7. The lowest BCUT2D eigenvalue weighted by atomic mass is 10.1. The Labute approximate surface area is 208 Å². The molecule has 0 aliphatic carbocycles. The number of hydrogen-bond donors (Lipinski definition) is 4. The summed E-state index contributed by atoms with van der Waals surface area (Å²) < 4.78 is 9.81. The van der Waals surface area contributed by atoms with E-state index in [9.17, 15) is 19.2 Å². The average molecular weight is 507 g/mol. The summed E-state index contributed by atoms with van der Waals surface area (Å²) in [5.74, 6) is -1.93. The molecule has 0 bridgehead atoms. The molecular formula is C22H26N4O6S2. The van der Waals surface area contributed by atoms with Gasteiger partial charge in [-0.1, -0.05) is 0 Å². The molecule has 2 amide bonds. The number of aromatic nitrogens is 2.